The van der Waals surface area contributed by atoms with Crippen molar-refractivity contribution in [1.29, 1.82) is 0 Å². The first-order valence-corrected chi connectivity index (χ1v) is 6.90. The molecule has 20 heavy (non-hydrogen) atoms. The van der Waals surface area contributed by atoms with Crippen LogP contribution in [0.1, 0.15) is 17.2 Å². The van der Waals surface area contributed by atoms with E-state index in [0.717, 1.165) is 27.9 Å². The highest BCUT2D eigenvalue weighted by Crippen LogP contribution is 2.26. The molecule has 0 aromatic heterocycles. The number of hydrogen-bond acceptors (Lipinski definition) is 2. The van der Waals surface area contributed by atoms with E-state index in [1.54, 1.807) is 0 Å². The van der Waals surface area contributed by atoms with E-state index in [1.807, 2.05) is 25.1 Å². The minimum absolute atomic E-state index is 0.0719. The molecule has 2 N–H and O–H groups in total. The molecule has 1 unspecified atom stereocenters. The van der Waals surface area contributed by atoms with Crippen LogP contribution in [0.2, 0.25) is 0 Å². The van der Waals surface area contributed by atoms with Gasteiger partial charge in [-0.1, -0.05) is 18.2 Å². The second-order valence-corrected chi connectivity index (χ2v) is 5.29. The first kappa shape index (κ1) is 14.9. The van der Waals surface area contributed by atoms with Crippen molar-refractivity contribution in [2.45, 2.75) is 13.0 Å². The van der Waals surface area contributed by atoms with E-state index in [2.05, 4.69) is 21.2 Å². The van der Waals surface area contributed by atoms with E-state index in [-0.39, 0.29) is 12.1 Å². The van der Waals surface area contributed by atoms with Crippen LogP contribution in [0.25, 0.3) is 0 Å². The van der Waals surface area contributed by atoms with Gasteiger partial charge in [-0.25, -0.2) is 8.78 Å². The van der Waals surface area contributed by atoms with Gasteiger partial charge in [0.1, 0.15) is 11.6 Å². The quantitative estimate of drug-likeness (QED) is 0.874. The van der Waals surface area contributed by atoms with Crippen molar-refractivity contribution in [3.05, 3.63) is 63.6 Å². The summed E-state index contributed by atoms with van der Waals surface area (Å²) in [7, 11) is 0. The fourth-order valence-electron chi connectivity index (χ4n) is 1.87. The summed E-state index contributed by atoms with van der Waals surface area (Å²) in [5, 5.41) is 13.0. The molecule has 106 valence electrons. The Labute approximate surface area is 124 Å². The minimum atomic E-state index is -1.05. The van der Waals surface area contributed by atoms with Gasteiger partial charge in [0.25, 0.3) is 0 Å². The van der Waals surface area contributed by atoms with E-state index >= 15 is 0 Å². The maximum atomic E-state index is 13.5. The molecule has 0 heterocycles. The van der Waals surface area contributed by atoms with Crippen LogP contribution in [0.15, 0.2) is 40.9 Å². The molecule has 0 aliphatic rings. The zero-order chi connectivity index (χ0) is 14.7. The van der Waals surface area contributed by atoms with Crippen LogP contribution < -0.4 is 5.32 Å². The Morgan fingerprint density at radius 1 is 1.25 bits per heavy atom. The van der Waals surface area contributed by atoms with Crippen LogP contribution in [-0.2, 0) is 0 Å². The predicted octanol–water partition coefficient (Wildman–Crippen LogP) is 4.18. The second kappa shape index (κ2) is 6.33. The van der Waals surface area contributed by atoms with Gasteiger partial charge in [0, 0.05) is 28.3 Å². The fraction of sp³-hybridized carbons (Fsp3) is 0.200. The maximum Gasteiger partial charge on any atom is 0.131 e. The maximum absolute atomic E-state index is 13.5. The van der Waals surface area contributed by atoms with Crippen molar-refractivity contribution in [2.24, 2.45) is 0 Å². The van der Waals surface area contributed by atoms with Gasteiger partial charge in [0.2, 0.25) is 0 Å². The molecule has 0 aliphatic carbocycles. The van der Waals surface area contributed by atoms with Crippen LogP contribution >= 0.6 is 15.9 Å². The van der Waals surface area contributed by atoms with Crippen molar-refractivity contribution < 1.29 is 13.9 Å². The van der Waals surface area contributed by atoms with Crippen molar-refractivity contribution in [2.75, 3.05) is 11.9 Å². The lowest BCUT2D eigenvalue weighted by atomic mass is 10.1. The molecule has 0 fully saturated rings. The van der Waals surface area contributed by atoms with Gasteiger partial charge in [-0.05, 0) is 40.5 Å². The van der Waals surface area contributed by atoms with Gasteiger partial charge in [-0.2, -0.15) is 0 Å². The first-order chi connectivity index (χ1) is 9.49. The molecule has 5 heteroatoms. The molecule has 2 aromatic carbocycles. The van der Waals surface area contributed by atoms with Crippen molar-refractivity contribution in [3.8, 4) is 0 Å². The summed E-state index contributed by atoms with van der Waals surface area (Å²) in [5.41, 5.74) is 1.94. The molecule has 0 saturated heterocycles. The Morgan fingerprint density at radius 2 is 2.00 bits per heavy atom. The van der Waals surface area contributed by atoms with Crippen LogP contribution in [0, 0.1) is 18.6 Å². The molecule has 1 atom stereocenters. The zero-order valence-electron chi connectivity index (χ0n) is 10.8. The SMILES string of the molecule is Cc1cccc(NCC(O)c2ccc(F)cc2F)c1Br. The largest absolute Gasteiger partial charge is 0.386 e. The molecule has 0 saturated carbocycles. The number of benzene rings is 2. The summed E-state index contributed by atoms with van der Waals surface area (Å²) in [4.78, 5) is 0. The summed E-state index contributed by atoms with van der Waals surface area (Å²) in [6.07, 6.45) is -1.05. The Hall–Kier alpha value is -1.46. The van der Waals surface area contributed by atoms with E-state index in [9.17, 15) is 13.9 Å². The fourth-order valence-corrected chi connectivity index (χ4v) is 2.28. The highest BCUT2D eigenvalue weighted by atomic mass is 79.9. The highest BCUT2D eigenvalue weighted by Gasteiger charge is 2.14. The molecular weight excluding hydrogens is 328 g/mol. The summed E-state index contributed by atoms with van der Waals surface area (Å²) < 4.78 is 27.2. The molecule has 2 aromatic rings. The molecule has 0 amide bonds. The zero-order valence-corrected chi connectivity index (χ0v) is 12.4. The van der Waals surface area contributed by atoms with Crippen LogP contribution in [0.3, 0.4) is 0 Å². The smallest absolute Gasteiger partial charge is 0.131 e. The third-order valence-corrected chi connectivity index (χ3v) is 4.05. The molecular formula is C15H14BrF2NO. The van der Waals surface area contributed by atoms with Crippen LogP contribution in [0.4, 0.5) is 14.5 Å². The molecule has 2 rings (SSSR count). The number of aliphatic hydroxyl groups excluding tert-OH is 1. The molecule has 0 radical (unpaired) electrons. The van der Waals surface area contributed by atoms with Crippen LogP contribution in [-0.4, -0.2) is 11.7 Å². The average Bonchev–Trinajstić information content (AvgIpc) is 2.40. The lowest BCUT2D eigenvalue weighted by Gasteiger charge is -2.15. The lowest BCUT2D eigenvalue weighted by Crippen LogP contribution is -2.14. The average molecular weight is 342 g/mol. The Kier molecular flexibility index (Phi) is 4.73. The van der Waals surface area contributed by atoms with Gasteiger partial charge in [-0.15, -0.1) is 0 Å². The van der Waals surface area contributed by atoms with Gasteiger partial charge >= 0.3 is 0 Å². The summed E-state index contributed by atoms with van der Waals surface area (Å²) in [6, 6.07) is 8.83. The molecule has 0 bridgehead atoms. The molecule has 0 spiro atoms. The van der Waals surface area contributed by atoms with E-state index in [1.165, 1.54) is 6.07 Å². The monoisotopic (exact) mass is 341 g/mol. The van der Waals surface area contributed by atoms with Crippen molar-refractivity contribution in [1.82, 2.24) is 0 Å². The van der Waals surface area contributed by atoms with E-state index in [4.69, 9.17) is 0 Å². The van der Waals surface area contributed by atoms with Crippen molar-refractivity contribution >= 4 is 21.6 Å². The number of aliphatic hydroxyl groups is 1. The van der Waals surface area contributed by atoms with E-state index in [0.29, 0.717) is 0 Å². The Morgan fingerprint density at radius 3 is 2.70 bits per heavy atom. The topological polar surface area (TPSA) is 32.3 Å². The Balaban J connectivity index is 2.08. The van der Waals surface area contributed by atoms with Crippen LogP contribution in [0.5, 0.6) is 0 Å². The third kappa shape index (κ3) is 3.35. The second-order valence-electron chi connectivity index (χ2n) is 4.50. The van der Waals surface area contributed by atoms with Gasteiger partial charge in [0.05, 0.1) is 6.10 Å². The normalized spacial score (nSPS) is 12.2. The summed E-state index contributed by atoms with van der Waals surface area (Å²) in [5.74, 6) is -1.41. The van der Waals surface area contributed by atoms with E-state index < -0.39 is 17.7 Å². The van der Waals surface area contributed by atoms with Crippen molar-refractivity contribution in [3.63, 3.8) is 0 Å². The number of halogens is 3. The minimum Gasteiger partial charge on any atom is -0.386 e. The highest BCUT2D eigenvalue weighted by molar-refractivity contribution is 9.10. The number of aryl methyl sites for hydroxylation is 1. The Bertz CT molecular complexity index is 619. The lowest BCUT2D eigenvalue weighted by molar-refractivity contribution is 0.186. The van der Waals surface area contributed by atoms with Gasteiger partial charge in [0.15, 0.2) is 0 Å². The number of hydrogen-bond donors (Lipinski definition) is 2. The number of anilines is 1. The number of nitrogens with one attached hydrogen (secondary N) is 1. The molecule has 0 aliphatic heterocycles. The third-order valence-electron chi connectivity index (χ3n) is 3.00. The molecule has 2 nitrogen and oxygen atoms in total. The van der Waals surface area contributed by atoms with Gasteiger partial charge in [-0.3, -0.25) is 0 Å². The number of rotatable bonds is 4. The standard InChI is InChI=1S/C15H14BrF2NO/c1-9-3-2-4-13(15(9)16)19-8-14(20)11-6-5-10(17)7-12(11)18/h2-7,14,19-20H,8H2,1H3. The summed E-state index contributed by atoms with van der Waals surface area (Å²) in [6.45, 7) is 2.08. The van der Waals surface area contributed by atoms with Gasteiger partial charge < -0.3 is 10.4 Å². The predicted molar refractivity (Wildman–Crippen MR) is 78.7 cm³/mol. The summed E-state index contributed by atoms with van der Waals surface area (Å²) >= 11 is 3.44. The first-order valence-electron chi connectivity index (χ1n) is 6.11.